The van der Waals surface area contributed by atoms with Gasteiger partial charge in [-0.2, -0.15) is 0 Å². The predicted octanol–water partition coefficient (Wildman–Crippen LogP) is 16.9. The summed E-state index contributed by atoms with van der Waals surface area (Å²) < 4.78 is 2.52. The average Bonchev–Trinajstić information content (AvgIpc) is 3.73. The number of rotatable bonds is 6. The van der Waals surface area contributed by atoms with E-state index in [1.165, 1.54) is 119 Å². The zero-order valence-corrected chi connectivity index (χ0v) is 34.0. The van der Waals surface area contributed by atoms with Gasteiger partial charge >= 0.3 is 0 Å². The Hall–Kier alpha value is -7.65. The van der Waals surface area contributed by atoms with Crippen molar-refractivity contribution < 1.29 is 0 Å². The van der Waals surface area contributed by atoms with E-state index in [4.69, 9.17) is 0 Å². The van der Waals surface area contributed by atoms with Crippen molar-refractivity contribution in [1.29, 1.82) is 0 Å². The summed E-state index contributed by atoms with van der Waals surface area (Å²) in [5.74, 6) is 0. The zero-order valence-electron chi connectivity index (χ0n) is 33.2. The first-order valence-electron chi connectivity index (χ1n) is 20.8. The van der Waals surface area contributed by atoms with Gasteiger partial charge < -0.3 is 0 Å². The molecule has 0 bridgehead atoms. The molecule has 0 N–H and O–H groups in total. The quantitative estimate of drug-likeness (QED) is 0.153. The van der Waals surface area contributed by atoms with Crippen LogP contribution in [0, 0.1) is 0 Å². The number of benzene rings is 10. The van der Waals surface area contributed by atoms with Gasteiger partial charge in [0.1, 0.15) is 0 Å². The number of fused-ring (bicyclic) bond motifs is 9. The van der Waals surface area contributed by atoms with Crippen LogP contribution in [0.4, 0.5) is 0 Å². The molecular formula is C59H37NS. The van der Waals surface area contributed by atoms with Crippen LogP contribution in [0.1, 0.15) is 0 Å². The lowest BCUT2D eigenvalue weighted by Crippen LogP contribution is -1.86. The van der Waals surface area contributed by atoms with E-state index >= 15 is 0 Å². The Morgan fingerprint density at radius 1 is 0.262 bits per heavy atom. The zero-order chi connectivity index (χ0) is 40.3. The first-order chi connectivity index (χ1) is 30.2. The van der Waals surface area contributed by atoms with Gasteiger partial charge in [-0.3, -0.25) is 4.98 Å². The topological polar surface area (TPSA) is 12.9 Å². The summed E-state index contributed by atoms with van der Waals surface area (Å²) in [7, 11) is 0. The molecule has 0 aliphatic carbocycles. The second-order valence-corrected chi connectivity index (χ2v) is 17.0. The van der Waals surface area contributed by atoms with Crippen LogP contribution in [0.15, 0.2) is 225 Å². The van der Waals surface area contributed by atoms with Crippen molar-refractivity contribution >= 4 is 63.8 Å². The number of pyridine rings is 1. The molecule has 0 atom stereocenters. The third kappa shape index (κ3) is 6.20. The Morgan fingerprint density at radius 3 is 1.13 bits per heavy atom. The molecule has 0 spiro atoms. The summed E-state index contributed by atoms with van der Waals surface area (Å²) in [6.45, 7) is 0. The van der Waals surface area contributed by atoms with Crippen LogP contribution < -0.4 is 0 Å². The summed E-state index contributed by atoms with van der Waals surface area (Å²) in [5.41, 5.74) is 14.5. The Kier molecular flexibility index (Phi) is 8.43. The van der Waals surface area contributed by atoms with E-state index in [0.29, 0.717) is 0 Å². The lowest BCUT2D eigenvalue weighted by molar-refractivity contribution is 1.37. The van der Waals surface area contributed by atoms with Crippen LogP contribution in [-0.2, 0) is 0 Å². The molecule has 0 aliphatic rings. The number of nitrogens with zero attached hydrogens (tertiary/aromatic N) is 1. The van der Waals surface area contributed by atoms with Gasteiger partial charge in [0.15, 0.2) is 0 Å². The molecule has 0 fully saturated rings. The predicted molar refractivity (Wildman–Crippen MR) is 262 cm³/mol. The van der Waals surface area contributed by atoms with Gasteiger partial charge in [0, 0.05) is 27.9 Å². The van der Waals surface area contributed by atoms with Crippen molar-refractivity contribution in [3.8, 4) is 66.8 Å². The van der Waals surface area contributed by atoms with Gasteiger partial charge in [0.05, 0.1) is 4.70 Å². The van der Waals surface area contributed by atoms with Gasteiger partial charge in [-0.15, -0.1) is 11.3 Å². The van der Waals surface area contributed by atoms with E-state index in [0.717, 1.165) is 0 Å². The Labute approximate surface area is 358 Å². The van der Waals surface area contributed by atoms with Gasteiger partial charge in [0.25, 0.3) is 0 Å². The summed E-state index contributed by atoms with van der Waals surface area (Å²) in [5, 5.41) is 10.3. The molecule has 2 aromatic heterocycles. The fourth-order valence-corrected chi connectivity index (χ4v) is 10.6. The van der Waals surface area contributed by atoms with Crippen molar-refractivity contribution in [2.45, 2.75) is 0 Å². The van der Waals surface area contributed by atoms with Gasteiger partial charge in [-0.1, -0.05) is 170 Å². The molecule has 0 unspecified atom stereocenters. The van der Waals surface area contributed by atoms with Gasteiger partial charge in [-0.05, 0) is 142 Å². The molecule has 0 saturated carbocycles. The molecule has 61 heavy (non-hydrogen) atoms. The van der Waals surface area contributed by atoms with Crippen molar-refractivity contribution in [2.75, 3.05) is 0 Å². The molecule has 2 heterocycles. The molecule has 0 aliphatic heterocycles. The van der Waals surface area contributed by atoms with Gasteiger partial charge in [0.2, 0.25) is 0 Å². The highest BCUT2D eigenvalue weighted by Crippen LogP contribution is 2.42. The average molecular weight is 792 g/mol. The highest BCUT2D eigenvalue weighted by molar-refractivity contribution is 7.26. The summed E-state index contributed by atoms with van der Waals surface area (Å²) in [6, 6.07) is 78.1. The van der Waals surface area contributed by atoms with Crippen LogP contribution >= 0.6 is 11.3 Å². The molecule has 0 saturated heterocycles. The maximum atomic E-state index is 4.38. The smallest absolute Gasteiger partial charge is 0.0538 e. The molecule has 12 aromatic rings. The minimum atomic E-state index is 1.20. The van der Waals surface area contributed by atoms with Crippen LogP contribution in [0.2, 0.25) is 0 Å². The normalized spacial score (nSPS) is 11.6. The fraction of sp³-hybridized carbons (Fsp3) is 0. The third-order valence-corrected chi connectivity index (χ3v) is 13.5. The Balaban J connectivity index is 0.855. The summed E-state index contributed by atoms with van der Waals surface area (Å²) in [6.07, 6.45) is 3.86. The van der Waals surface area contributed by atoms with Crippen LogP contribution in [0.5, 0.6) is 0 Å². The molecular weight excluding hydrogens is 755 g/mol. The molecule has 2 heteroatoms. The Bertz CT molecular complexity index is 3630. The fourth-order valence-electron chi connectivity index (χ4n) is 9.35. The maximum Gasteiger partial charge on any atom is 0.0538 e. The van der Waals surface area contributed by atoms with Crippen molar-refractivity contribution in [2.24, 2.45) is 0 Å². The van der Waals surface area contributed by atoms with E-state index in [2.05, 4.69) is 217 Å². The van der Waals surface area contributed by atoms with Crippen LogP contribution in [0.3, 0.4) is 0 Å². The third-order valence-electron chi connectivity index (χ3n) is 12.3. The first kappa shape index (κ1) is 35.3. The maximum absolute atomic E-state index is 4.38. The number of hydrogen-bond acceptors (Lipinski definition) is 2. The van der Waals surface area contributed by atoms with E-state index in [1.807, 2.05) is 23.7 Å². The van der Waals surface area contributed by atoms with E-state index in [9.17, 15) is 0 Å². The highest BCUT2D eigenvalue weighted by atomic mass is 32.1. The van der Waals surface area contributed by atoms with E-state index < -0.39 is 0 Å². The standard InChI is InChI=1S/C59H37NS/c1-2-23-52-50(21-1)51-22-3-4-24-53(51)57-36-47(27-28-54(52)57)45-18-8-16-43(34-45)41-14-6-12-39(32-41)38-11-5-13-40(31-38)42-15-7-17-44(33-42)46-19-9-20-48(35-46)49-25-10-26-56-55-29-30-60-37-58(55)61-59(49)56/h1-37H. The van der Waals surface area contributed by atoms with Crippen molar-refractivity contribution in [1.82, 2.24) is 4.98 Å². The molecule has 0 radical (unpaired) electrons. The molecule has 12 rings (SSSR count). The summed E-state index contributed by atoms with van der Waals surface area (Å²) >= 11 is 1.82. The molecule has 1 nitrogen and oxygen atoms in total. The van der Waals surface area contributed by atoms with E-state index in [-0.39, 0.29) is 0 Å². The lowest BCUT2D eigenvalue weighted by atomic mass is 9.91. The van der Waals surface area contributed by atoms with Gasteiger partial charge in [-0.25, -0.2) is 0 Å². The van der Waals surface area contributed by atoms with E-state index in [1.54, 1.807) is 0 Å². The largest absolute Gasteiger partial charge is 0.263 e. The second kappa shape index (κ2) is 14.6. The second-order valence-electron chi connectivity index (χ2n) is 15.9. The SMILES string of the molecule is c1cc(-c2cccc(-c3cccc(-c4ccc5c6ccccc6c6ccccc6c5c4)c3)c2)cc(-c2cccc(-c3cccc(-c4cccc5c4sc4cnccc45)c3)c2)c1. The number of aromatic nitrogens is 1. The van der Waals surface area contributed by atoms with Crippen molar-refractivity contribution in [3.63, 3.8) is 0 Å². The Morgan fingerprint density at radius 2 is 0.639 bits per heavy atom. The first-order valence-corrected chi connectivity index (χ1v) is 21.6. The summed E-state index contributed by atoms with van der Waals surface area (Å²) in [4.78, 5) is 4.38. The monoisotopic (exact) mass is 791 g/mol. The highest BCUT2D eigenvalue weighted by Gasteiger charge is 2.13. The molecule has 10 aromatic carbocycles. The minimum Gasteiger partial charge on any atom is -0.263 e. The molecule has 0 amide bonds. The number of thiophene rings is 1. The van der Waals surface area contributed by atoms with Crippen molar-refractivity contribution in [3.05, 3.63) is 225 Å². The molecule has 284 valence electrons. The van der Waals surface area contributed by atoms with Crippen LogP contribution in [-0.4, -0.2) is 4.98 Å². The van der Waals surface area contributed by atoms with Crippen LogP contribution in [0.25, 0.3) is 119 Å². The lowest BCUT2D eigenvalue weighted by Gasteiger charge is -2.13. The minimum absolute atomic E-state index is 1.20. The number of hydrogen-bond donors (Lipinski definition) is 0.